The van der Waals surface area contributed by atoms with E-state index in [0.717, 1.165) is 6.54 Å². The SMILES string of the molecule is CN=C(NCc1ccccc1CN(C)C)NC(C)CCS(C)(=O)=O. The van der Waals surface area contributed by atoms with Crippen molar-refractivity contribution >= 4 is 15.8 Å². The summed E-state index contributed by atoms with van der Waals surface area (Å²) >= 11 is 0. The summed E-state index contributed by atoms with van der Waals surface area (Å²) in [7, 11) is 2.87. The molecule has 0 aliphatic rings. The van der Waals surface area contributed by atoms with Crippen molar-refractivity contribution in [3.05, 3.63) is 35.4 Å². The van der Waals surface area contributed by atoms with Gasteiger partial charge in [0.25, 0.3) is 0 Å². The highest BCUT2D eigenvalue weighted by Gasteiger charge is 2.10. The van der Waals surface area contributed by atoms with Crippen LogP contribution in [0.2, 0.25) is 0 Å². The standard InChI is InChI=1S/C17H30N4O2S/c1-14(10-11-24(5,22)23)20-17(18-2)19-12-15-8-6-7-9-16(15)13-21(3)4/h6-9,14H,10-13H2,1-5H3,(H2,18,19,20). The van der Waals surface area contributed by atoms with Gasteiger partial charge in [0.2, 0.25) is 0 Å². The number of guanidine groups is 1. The van der Waals surface area contributed by atoms with Crippen LogP contribution in [0.3, 0.4) is 0 Å². The molecule has 1 aromatic carbocycles. The number of nitrogens with zero attached hydrogens (tertiary/aromatic N) is 2. The Morgan fingerprint density at radius 3 is 2.42 bits per heavy atom. The molecule has 0 bridgehead atoms. The minimum atomic E-state index is -2.94. The molecule has 0 aromatic heterocycles. The van der Waals surface area contributed by atoms with Crippen molar-refractivity contribution in [3.8, 4) is 0 Å². The van der Waals surface area contributed by atoms with Gasteiger partial charge in [0.15, 0.2) is 5.96 Å². The fourth-order valence-corrected chi connectivity index (χ4v) is 3.08. The fraction of sp³-hybridized carbons (Fsp3) is 0.588. The van der Waals surface area contributed by atoms with Gasteiger partial charge in [-0.15, -0.1) is 0 Å². The number of aliphatic imine (C=N–C) groups is 1. The molecule has 1 rings (SSSR count). The maximum Gasteiger partial charge on any atom is 0.191 e. The zero-order chi connectivity index (χ0) is 18.2. The Balaban J connectivity index is 2.58. The Kier molecular flexibility index (Phi) is 8.21. The Morgan fingerprint density at radius 2 is 1.88 bits per heavy atom. The van der Waals surface area contributed by atoms with E-state index in [4.69, 9.17) is 0 Å². The fourth-order valence-electron chi connectivity index (χ4n) is 2.29. The van der Waals surface area contributed by atoms with Gasteiger partial charge in [-0.1, -0.05) is 24.3 Å². The van der Waals surface area contributed by atoms with E-state index in [1.807, 2.05) is 33.2 Å². The van der Waals surface area contributed by atoms with E-state index in [0.29, 0.717) is 18.9 Å². The van der Waals surface area contributed by atoms with Crippen LogP contribution >= 0.6 is 0 Å². The Labute approximate surface area is 146 Å². The van der Waals surface area contributed by atoms with Crippen LogP contribution in [0, 0.1) is 0 Å². The van der Waals surface area contributed by atoms with E-state index in [1.54, 1.807) is 7.05 Å². The molecular formula is C17H30N4O2S. The van der Waals surface area contributed by atoms with Crippen molar-refractivity contribution in [2.75, 3.05) is 33.2 Å². The molecule has 0 saturated carbocycles. The summed E-state index contributed by atoms with van der Waals surface area (Å²) in [6.45, 7) is 3.51. The smallest absolute Gasteiger partial charge is 0.191 e. The second-order valence-electron chi connectivity index (χ2n) is 6.40. The minimum Gasteiger partial charge on any atom is -0.354 e. The second kappa shape index (κ2) is 9.64. The van der Waals surface area contributed by atoms with Crippen molar-refractivity contribution in [2.24, 2.45) is 4.99 Å². The van der Waals surface area contributed by atoms with Crippen molar-refractivity contribution < 1.29 is 8.42 Å². The first-order valence-electron chi connectivity index (χ1n) is 8.07. The quantitative estimate of drug-likeness (QED) is 0.543. The molecule has 0 spiro atoms. The third kappa shape index (κ3) is 8.31. The summed E-state index contributed by atoms with van der Waals surface area (Å²) in [5.41, 5.74) is 2.49. The first kappa shape index (κ1) is 20.4. The lowest BCUT2D eigenvalue weighted by molar-refractivity contribution is 0.400. The van der Waals surface area contributed by atoms with Gasteiger partial charge >= 0.3 is 0 Å². The summed E-state index contributed by atoms with van der Waals surface area (Å²) < 4.78 is 22.5. The molecule has 6 nitrogen and oxygen atoms in total. The predicted octanol–water partition coefficient (Wildman–Crippen LogP) is 1.24. The molecule has 0 radical (unpaired) electrons. The topological polar surface area (TPSA) is 73.8 Å². The maximum atomic E-state index is 11.2. The van der Waals surface area contributed by atoms with Gasteiger partial charge in [-0.05, 0) is 38.6 Å². The molecule has 0 heterocycles. The zero-order valence-electron chi connectivity index (χ0n) is 15.3. The lowest BCUT2D eigenvalue weighted by Crippen LogP contribution is -2.42. The molecule has 1 atom stereocenters. The van der Waals surface area contributed by atoms with Crippen LogP contribution in [0.5, 0.6) is 0 Å². The summed E-state index contributed by atoms with van der Waals surface area (Å²) in [4.78, 5) is 6.35. The summed E-state index contributed by atoms with van der Waals surface area (Å²) in [6, 6.07) is 8.33. The van der Waals surface area contributed by atoms with Gasteiger partial charge < -0.3 is 15.5 Å². The molecular weight excluding hydrogens is 324 g/mol. The number of hydrogen-bond acceptors (Lipinski definition) is 4. The molecule has 24 heavy (non-hydrogen) atoms. The average molecular weight is 355 g/mol. The van der Waals surface area contributed by atoms with E-state index < -0.39 is 9.84 Å². The molecule has 0 aliphatic heterocycles. The van der Waals surface area contributed by atoms with Crippen molar-refractivity contribution in [3.63, 3.8) is 0 Å². The van der Waals surface area contributed by atoms with Crippen LogP contribution in [0.1, 0.15) is 24.5 Å². The van der Waals surface area contributed by atoms with Crippen molar-refractivity contribution in [2.45, 2.75) is 32.5 Å². The molecule has 7 heteroatoms. The number of sulfone groups is 1. The maximum absolute atomic E-state index is 11.2. The van der Waals surface area contributed by atoms with Gasteiger partial charge in [0.05, 0.1) is 5.75 Å². The normalized spacial score (nSPS) is 13.8. The number of rotatable bonds is 8. The first-order valence-corrected chi connectivity index (χ1v) is 10.1. The number of nitrogens with one attached hydrogen (secondary N) is 2. The summed E-state index contributed by atoms with van der Waals surface area (Å²) in [6.07, 6.45) is 1.81. The summed E-state index contributed by atoms with van der Waals surface area (Å²) in [5, 5.41) is 6.53. The van der Waals surface area contributed by atoms with Gasteiger partial charge in [-0.3, -0.25) is 4.99 Å². The van der Waals surface area contributed by atoms with Crippen LogP contribution in [0.4, 0.5) is 0 Å². The van der Waals surface area contributed by atoms with Crippen LogP contribution in [-0.4, -0.2) is 58.5 Å². The van der Waals surface area contributed by atoms with E-state index >= 15 is 0 Å². The molecule has 0 fully saturated rings. The molecule has 0 saturated heterocycles. The number of hydrogen-bond donors (Lipinski definition) is 2. The third-order valence-electron chi connectivity index (χ3n) is 3.58. The van der Waals surface area contributed by atoms with E-state index in [-0.39, 0.29) is 11.8 Å². The van der Waals surface area contributed by atoms with E-state index in [9.17, 15) is 8.42 Å². The lowest BCUT2D eigenvalue weighted by atomic mass is 10.1. The van der Waals surface area contributed by atoms with Gasteiger partial charge in [-0.25, -0.2) is 8.42 Å². The molecule has 2 N–H and O–H groups in total. The van der Waals surface area contributed by atoms with Crippen molar-refractivity contribution in [1.82, 2.24) is 15.5 Å². The van der Waals surface area contributed by atoms with Crippen LogP contribution in [0.15, 0.2) is 29.3 Å². The van der Waals surface area contributed by atoms with Crippen LogP contribution in [0.25, 0.3) is 0 Å². The highest BCUT2D eigenvalue weighted by atomic mass is 32.2. The van der Waals surface area contributed by atoms with Gasteiger partial charge in [-0.2, -0.15) is 0 Å². The third-order valence-corrected chi connectivity index (χ3v) is 4.56. The predicted molar refractivity (Wildman–Crippen MR) is 101 cm³/mol. The molecule has 0 amide bonds. The van der Waals surface area contributed by atoms with Crippen LogP contribution in [-0.2, 0) is 22.9 Å². The number of benzene rings is 1. The minimum absolute atomic E-state index is 0.0305. The Bertz CT molecular complexity index is 642. The molecule has 1 aromatic rings. The van der Waals surface area contributed by atoms with Crippen LogP contribution < -0.4 is 10.6 Å². The molecule has 1 unspecified atom stereocenters. The zero-order valence-corrected chi connectivity index (χ0v) is 16.2. The van der Waals surface area contributed by atoms with Gasteiger partial charge in [0, 0.05) is 32.4 Å². The largest absolute Gasteiger partial charge is 0.354 e. The molecule has 0 aliphatic carbocycles. The monoisotopic (exact) mass is 354 g/mol. The van der Waals surface area contributed by atoms with E-state index in [1.165, 1.54) is 17.4 Å². The first-order chi connectivity index (χ1) is 11.2. The second-order valence-corrected chi connectivity index (χ2v) is 8.66. The van der Waals surface area contributed by atoms with Gasteiger partial charge in [0.1, 0.15) is 9.84 Å². The van der Waals surface area contributed by atoms with E-state index in [2.05, 4.69) is 32.7 Å². The average Bonchev–Trinajstić information content (AvgIpc) is 2.49. The Morgan fingerprint density at radius 1 is 1.25 bits per heavy atom. The summed E-state index contributed by atoms with van der Waals surface area (Å²) in [5.74, 6) is 0.847. The van der Waals surface area contributed by atoms with Crippen molar-refractivity contribution in [1.29, 1.82) is 0 Å². The lowest BCUT2D eigenvalue weighted by Gasteiger charge is -2.19. The Hall–Kier alpha value is -1.60. The highest BCUT2D eigenvalue weighted by molar-refractivity contribution is 7.90. The highest BCUT2D eigenvalue weighted by Crippen LogP contribution is 2.10. The molecule has 136 valence electrons.